The fourth-order valence-corrected chi connectivity index (χ4v) is 3.00. The zero-order chi connectivity index (χ0) is 14.0. The Morgan fingerprint density at radius 2 is 2.00 bits per heavy atom. The van der Waals surface area contributed by atoms with Crippen molar-refractivity contribution >= 4 is 0 Å². The molecular formula is C17H27NO. The minimum absolute atomic E-state index is 0.119. The van der Waals surface area contributed by atoms with E-state index in [2.05, 4.69) is 45.1 Å². The van der Waals surface area contributed by atoms with Crippen molar-refractivity contribution in [1.29, 1.82) is 0 Å². The van der Waals surface area contributed by atoms with Crippen LogP contribution in [0.2, 0.25) is 0 Å². The molecular weight excluding hydrogens is 234 g/mol. The van der Waals surface area contributed by atoms with Gasteiger partial charge in [0, 0.05) is 12.1 Å². The van der Waals surface area contributed by atoms with Gasteiger partial charge in [-0.05, 0) is 48.8 Å². The van der Waals surface area contributed by atoms with Crippen molar-refractivity contribution in [2.75, 3.05) is 20.2 Å². The third-order valence-corrected chi connectivity index (χ3v) is 4.08. The van der Waals surface area contributed by atoms with Gasteiger partial charge in [-0.2, -0.15) is 0 Å². The Kier molecular flexibility index (Phi) is 4.19. The standard InChI is InChI=1S/C17H27NO/c1-12-9-14(13-7-6-8-18-11-13)10-15(16(12)19-5)17(2,3)4/h9-10,13,18H,6-8,11H2,1-5H3. The van der Waals surface area contributed by atoms with E-state index >= 15 is 0 Å². The summed E-state index contributed by atoms with van der Waals surface area (Å²) < 4.78 is 5.63. The lowest BCUT2D eigenvalue weighted by atomic mass is 9.81. The van der Waals surface area contributed by atoms with E-state index in [0.717, 1.165) is 18.8 Å². The van der Waals surface area contributed by atoms with Crippen LogP contribution in [0.25, 0.3) is 0 Å². The number of ether oxygens (including phenoxy) is 1. The van der Waals surface area contributed by atoms with Gasteiger partial charge in [-0.25, -0.2) is 0 Å². The Morgan fingerprint density at radius 1 is 1.26 bits per heavy atom. The molecule has 1 heterocycles. The molecule has 1 aromatic carbocycles. The summed E-state index contributed by atoms with van der Waals surface area (Å²) in [6.07, 6.45) is 2.57. The van der Waals surface area contributed by atoms with Crippen LogP contribution in [0.3, 0.4) is 0 Å². The number of rotatable bonds is 2. The molecule has 1 aromatic rings. The lowest BCUT2D eigenvalue weighted by Crippen LogP contribution is -2.28. The number of nitrogens with one attached hydrogen (secondary N) is 1. The molecule has 1 saturated heterocycles. The first-order chi connectivity index (χ1) is 8.93. The first-order valence-electron chi connectivity index (χ1n) is 7.33. The molecule has 1 N–H and O–H groups in total. The van der Waals surface area contributed by atoms with E-state index in [4.69, 9.17) is 4.74 Å². The molecule has 2 heteroatoms. The summed E-state index contributed by atoms with van der Waals surface area (Å²) in [6.45, 7) is 11.2. The van der Waals surface area contributed by atoms with Crippen molar-refractivity contribution in [2.24, 2.45) is 0 Å². The Labute approximate surface area is 117 Å². The summed E-state index contributed by atoms with van der Waals surface area (Å²) in [6, 6.07) is 4.68. The number of aryl methyl sites for hydroxylation is 1. The van der Waals surface area contributed by atoms with Crippen molar-refractivity contribution in [3.63, 3.8) is 0 Å². The summed E-state index contributed by atoms with van der Waals surface area (Å²) in [5.41, 5.74) is 4.18. The second-order valence-electron chi connectivity index (χ2n) is 6.71. The fourth-order valence-electron chi connectivity index (χ4n) is 3.00. The maximum absolute atomic E-state index is 5.63. The van der Waals surface area contributed by atoms with Crippen LogP contribution in [0.4, 0.5) is 0 Å². The topological polar surface area (TPSA) is 21.3 Å². The van der Waals surface area contributed by atoms with Gasteiger partial charge >= 0.3 is 0 Å². The summed E-state index contributed by atoms with van der Waals surface area (Å²) in [7, 11) is 1.78. The van der Waals surface area contributed by atoms with Crippen LogP contribution in [0.1, 0.15) is 56.2 Å². The van der Waals surface area contributed by atoms with Crippen LogP contribution in [0, 0.1) is 6.92 Å². The third kappa shape index (κ3) is 3.11. The Morgan fingerprint density at radius 3 is 2.53 bits per heavy atom. The fraction of sp³-hybridized carbons (Fsp3) is 0.647. The van der Waals surface area contributed by atoms with Gasteiger partial charge in [-0.15, -0.1) is 0 Å². The molecule has 2 rings (SSSR count). The molecule has 0 bridgehead atoms. The Bertz CT molecular complexity index is 439. The van der Waals surface area contributed by atoms with Gasteiger partial charge in [0.1, 0.15) is 5.75 Å². The highest BCUT2D eigenvalue weighted by Crippen LogP contribution is 2.37. The Balaban J connectivity index is 2.43. The predicted molar refractivity (Wildman–Crippen MR) is 81.3 cm³/mol. The summed E-state index contributed by atoms with van der Waals surface area (Å²) in [5.74, 6) is 1.71. The number of methoxy groups -OCH3 is 1. The molecule has 2 nitrogen and oxygen atoms in total. The summed E-state index contributed by atoms with van der Waals surface area (Å²) >= 11 is 0. The second kappa shape index (κ2) is 5.54. The highest BCUT2D eigenvalue weighted by atomic mass is 16.5. The maximum atomic E-state index is 5.63. The molecule has 1 aliphatic heterocycles. The molecule has 1 fully saturated rings. The van der Waals surface area contributed by atoms with Crippen LogP contribution in [-0.2, 0) is 5.41 Å². The highest BCUT2D eigenvalue weighted by Gasteiger charge is 2.24. The van der Waals surface area contributed by atoms with E-state index < -0.39 is 0 Å². The lowest BCUT2D eigenvalue weighted by Gasteiger charge is -2.28. The average Bonchev–Trinajstić information content (AvgIpc) is 2.37. The first-order valence-corrected chi connectivity index (χ1v) is 7.33. The van der Waals surface area contributed by atoms with Crippen molar-refractivity contribution in [2.45, 2.75) is 51.9 Å². The molecule has 0 aliphatic carbocycles. The zero-order valence-electron chi connectivity index (χ0n) is 13.0. The molecule has 0 radical (unpaired) electrons. The van der Waals surface area contributed by atoms with Crippen LogP contribution in [-0.4, -0.2) is 20.2 Å². The van der Waals surface area contributed by atoms with Crippen molar-refractivity contribution < 1.29 is 4.74 Å². The van der Waals surface area contributed by atoms with E-state index in [1.165, 1.54) is 29.5 Å². The Hall–Kier alpha value is -1.02. The molecule has 1 unspecified atom stereocenters. The first kappa shape index (κ1) is 14.4. The monoisotopic (exact) mass is 261 g/mol. The van der Waals surface area contributed by atoms with Gasteiger partial charge in [0.2, 0.25) is 0 Å². The predicted octanol–water partition coefficient (Wildman–Crippen LogP) is 3.77. The van der Waals surface area contributed by atoms with E-state index in [0.29, 0.717) is 5.92 Å². The van der Waals surface area contributed by atoms with Gasteiger partial charge < -0.3 is 10.1 Å². The molecule has 19 heavy (non-hydrogen) atoms. The average molecular weight is 261 g/mol. The summed E-state index contributed by atoms with van der Waals surface area (Å²) in [4.78, 5) is 0. The number of piperidine rings is 1. The largest absolute Gasteiger partial charge is 0.496 e. The van der Waals surface area contributed by atoms with E-state index in [-0.39, 0.29) is 5.41 Å². The molecule has 1 atom stereocenters. The number of benzene rings is 1. The van der Waals surface area contributed by atoms with Crippen LogP contribution in [0.15, 0.2) is 12.1 Å². The van der Waals surface area contributed by atoms with E-state index in [1.54, 1.807) is 7.11 Å². The van der Waals surface area contributed by atoms with Crippen molar-refractivity contribution in [3.05, 3.63) is 28.8 Å². The van der Waals surface area contributed by atoms with Crippen LogP contribution >= 0.6 is 0 Å². The third-order valence-electron chi connectivity index (χ3n) is 4.08. The van der Waals surface area contributed by atoms with Crippen molar-refractivity contribution in [1.82, 2.24) is 5.32 Å². The van der Waals surface area contributed by atoms with Gasteiger partial charge in [-0.3, -0.25) is 0 Å². The molecule has 0 spiro atoms. The minimum atomic E-state index is 0.119. The van der Waals surface area contributed by atoms with Crippen LogP contribution in [0.5, 0.6) is 5.75 Å². The normalized spacial score (nSPS) is 20.4. The summed E-state index contributed by atoms with van der Waals surface area (Å²) in [5, 5.41) is 3.51. The molecule has 0 amide bonds. The molecule has 106 valence electrons. The number of hydrogen-bond donors (Lipinski definition) is 1. The zero-order valence-corrected chi connectivity index (χ0v) is 13.0. The second-order valence-corrected chi connectivity index (χ2v) is 6.71. The molecule has 0 aromatic heterocycles. The quantitative estimate of drug-likeness (QED) is 0.875. The van der Waals surface area contributed by atoms with Gasteiger partial charge in [-0.1, -0.05) is 32.9 Å². The maximum Gasteiger partial charge on any atom is 0.125 e. The SMILES string of the molecule is COc1c(C)cc(C2CCCNC2)cc1C(C)(C)C. The molecule has 1 aliphatic rings. The highest BCUT2D eigenvalue weighted by molar-refractivity contribution is 5.48. The number of hydrogen-bond acceptors (Lipinski definition) is 2. The molecule has 0 saturated carbocycles. The van der Waals surface area contributed by atoms with Crippen LogP contribution < -0.4 is 10.1 Å². The van der Waals surface area contributed by atoms with E-state index in [1.807, 2.05) is 0 Å². The van der Waals surface area contributed by atoms with Gasteiger partial charge in [0.15, 0.2) is 0 Å². The van der Waals surface area contributed by atoms with E-state index in [9.17, 15) is 0 Å². The minimum Gasteiger partial charge on any atom is -0.496 e. The van der Waals surface area contributed by atoms with Gasteiger partial charge in [0.25, 0.3) is 0 Å². The van der Waals surface area contributed by atoms with Gasteiger partial charge in [0.05, 0.1) is 7.11 Å². The smallest absolute Gasteiger partial charge is 0.125 e. The lowest BCUT2D eigenvalue weighted by molar-refractivity contribution is 0.393. The van der Waals surface area contributed by atoms with Crippen molar-refractivity contribution in [3.8, 4) is 5.75 Å².